The van der Waals surface area contributed by atoms with Crippen LogP contribution in [0.1, 0.15) is 26.2 Å². The Hall–Kier alpha value is -1.16. The molecular formula is C13H17NO2S. The zero-order chi connectivity index (χ0) is 12.3. The number of ether oxygens (including phenoxy) is 1. The molecule has 1 aliphatic heterocycles. The number of thiocarbonyl (C=S) groups is 1. The molecule has 0 unspecified atom stereocenters. The normalized spacial score (nSPS) is 27.2. The topological polar surface area (TPSA) is 38.3 Å². The number of hydrogen-bond donors (Lipinski definition) is 1. The van der Waals surface area contributed by atoms with Crippen molar-refractivity contribution in [2.45, 2.75) is 32.2 Å². The van der Waals surface area contributed by atoms with Crippen LogP contribution in [0.15, 0.2) is 24.0 Å². The average Bonchev–Trinajstić information content (AvgIpc) is 2.30. The van der Waals surface area contributed by atoms with Crippen LogP contribution in [-0.2, 0) is 9.53 Å². The van der Waals surface area contributed by atoms with Gasteiger partial charge in [-0.3, -0.25) is 4.79 Å². The van der Waals surface area contributed by atoms with Crippen molar-refractivity contribution in [3.63, 3.8) is 0 Å². The zero-order valence-electron chi connectivity index (χ0n) is 9.94. The van der Waals surface area contributed by atoms with Gasteiger partial charge in [0, 0.05) is 18.9 Å². The van der Waals surface area contributed by atoms with Crippen LogP contribution in [0.2, 0.25) is 0 Å². The van der Waals surface area contributed by atoms with E-state index in [2.05, 4.69) is 5.32 Å². The lowest BCUT2D eigenvalue weighted by molar-refractivity contribution is -0.135. The summed E-state index contributed by atoms with van der Waals surface area (Å²) in [6, 6.07) is 0.279. The number of nitrogens with one attached hydrogen (secondary N) is 1. The summed E-state index contributed by atoms with van der Waals surface area (Å²) in [5, 5.41) is 2.91. The first-order valence-electron chi connectivity index (χ1n) is 6.05. The number of carbonyl (C=O) groups is 1. The highest BCUT2D eigenvalue weighted by Gasteiger charge is 2.37. The van der Waals surface area contributed by atoms with Gasteiger partial charge in [0.15, 0.2) is 0 Å². The van der Waals surface area contributed by atoms with Crippen molar-refractivity contribution in [2.75, 3.05) is 6.61 Å². The highest BCUT2D eigenvalue weighted by atomic mass is 32.1. The first-order chi connectivity index (χ1) is 8.22. The lowest BCUT2D eigenvalue weighted by atomic mass is 9.86. The molecule has 2 atom stereocenters. The van der Waals surface area contributed by atoms with Gasteiger partial charge in [-0.15, -0.1) is 0 Å². The van der Waals surface area contributed by atoms with E-state index < -0.39 is 0 Å². The van der Waals surface area contributed by atoms with E-state index in [1.165, 1.54) is 0 Å². The Kier molecular flexibility index (Phi) is 3.94. The molecule has 1 amide bonds. The third-order valence-electron chi connectivity index (χ3n) is 3.24. The van der Waals surface area contributed by atoms with E-state index in [0.29, 0.717) is 6.61 Å². The predicted octanol–water partition coefficient (Wildman–Crippen LogP) is 2.13. The van der Waals surface area contributed by atoms with Crippen molar-refractivity contribution < 1.29 is 9.53 Å². The van der Waals surface area contributed by atoms with E-state index in [1.807, 2.05) is 25.2 Å². The SMILES string of the molecule is CC[C@H]1C(=O)N[C@H]1CCOC1=CC=CCC1=S. The summed E-state index contributed by atoms with van der Waals surface area (Å²) in [5.41, 5.74) is 0. The molecule has 1 aliphatic carbocycles. The van der Waals surface area contributed by atoms with Crippen LogP contribution in [0.3, 0.4) is 0 Å². The maximum Gasteiger partial charge on any atom is 0.225 e. The van der Waals surface area contributed by atoms with Gasteiger partial charge in [-0.2, -0.15) is 0 Å². The third-order valence-corrected chi connectivity index (χ3v) is 3.61. The van der Waals surface area contributed by atoms with E-state index in [-0.39, 0.29) is 17.9 Å². The molecule has 1 N–H and O–H groups in total. The summed E-state index contributed by atoms with van der Waals surface area (Å²) in [6.07, 6.45) is 8.44. The van der Waals surface area contributed by atoms with Crippen LogP contribution in [0.25, 0.3) is 0 Å². The lowest BCUT2D eigenvalue weighted by Crippen LogP contribution is -2.58. The number of rotatable bonds is 5. The molecular weight excluding hydrogens is 234 g/mol. The van der Waals surface area contributed by atoms with Gasteiger partial charge in [0.05, 0.1) is 17.4 Å². The summed E-state index contributed by atoms with van der Waals surface area (Å²) in [5.74, 6) is 1.15. The van der Waals surface area contributed by atoms with Gasteiger partial charge in [0.1, 0.15) is 5.76 Å². The molecule has 4 heteroatoms. The Morgan fingerprint density at radius 1 is 1.59 bits per heavy atom. The van der Waals surface area contributed by atoms with Crippen LogP contribution in [0.4, 0.5) is 0 Å². The highest BCUT2D eigenvalue weighted by Crippen LogP contribution is 2.22. The Labute approximate surface area is 107 Å². The Balaban J connectivity index is 1.73. The van der Waals surface area contributed by atoms with Crippen molar-refractivity contribution in [2.24, 2.45) is 5.92 Å². The minimum absolute atomic E-state index is 0.172. The molecule has 3 nitrogen and oxygen atoms in total. The van der Waals surface area contributed by atoms with E-state index >= 15 is 0 Å². The second-order valence-corrected chi connectivity index (χ2v) is 4.85. The van der Waals surface area contributed by atoms with Crippen LogP contribution in [-0.4, -0.2) is 23.4 Å². The third kappa shape index (κ3) is 2.75. The van der Waals surface area contributed by atoms with Crippen molar-refractivity contribution in [1.82, 2.24) is 5.32 Å². The van der Waals surface area contributed by atoms with Crippen LogP contribution in [0.5, 0.6) is 0 Å². The number of carbonyl (C=O) groups excluding carboxylic acids is 1. The van der Waals surface area contributed by atoms with E-state index in [0.717, 1.165) is 29.9 Å². The Morgan fingerprint density at radius 2 is 2.41 bits per heavy atom. The fourth-order valence-corrected chi connectivity index (χ4v) is 2.39. The first kappa shape index (κ1) is 12.3. The second kappa shape index (κ2) is 5.45. The maximum absolute atomic E-state index is 11.2. The van der Waals surface area contributed by atoms with Crippen molar-refractivity contribution >= 4 is 23.0 Å². The Bertz CT molecular complexity index is 387. The van der Waals surface area contributed by atoms with E-state index in [1.54, 1.807) is 0 Å². The van der Waals surface area contributed by atoms with Crippen LogP contribution in [0, 0.1) is 5.92 Å². The molecule has 0 radical (unpaired) electrons. The van der Waals surface area contributed by atoms with Gasteiger partial charge in [0.2, 0.25) is 5.91 Å². The first-order valence-corrected chi connectivity index (χ1v) is 6.46. The molecule has 1 saturated heterocycles. The molecule has 2 rings (SSSR count). The number of β-lactam (4-membered cyclic amide) rings is 1. The quantitative estimate of drug-likeness (QED) is 0.601. The van der Waals surface area contributed by atoms with Crippen molar-refractivity contribution in [1.29, 1.82) is 0 Å². The smallest absolute Gasteiger partial charge is 0.225 e. The molecule has 1 heterocycles. The minimum Gasteiger partial charge on any atom is -0.492 e. The predicted molar refractivity (Wildman–Crippen MR) is 70.7 cm³/mol. The summed E-state index contributed by atoms with van der Waals surface area (Å²) < 4.78 is 5.65. The monoisotopic (exact) mass is 251 g/mol. The number of allylic oxidation sites excluding steroid dienone is 4. The van der Waals surface area contributed by atoms with Gasteiger partial charge in [-0.25, -0.2) is 0 Å². The summed E-state index contributed by atoms with van der Waals surface area (Å²) >= 11 is 5.20. The average molecular weight is 251 g/mol. The number of hydrogen-bond acceptors (Lipinski definition) is 3. The van der Waals surface area contributed by atoms with Gasteiger partial charge in [-0.1, -0.05) is 31.3 Å². The molecule has 0 aromatic rings. The van der Waals surface area contributed by atoms with Gasteiger partial charge in [0.25, 0.3) is 0 Å². The van der Waals surface area contributed by atoms with Gasteiger partial charge in [-0.05, 0) is 12.5 Å². The molecule has 0 spiro atoms. The molecule has 0 aromatic heterocycles. The fourth-order valence-electron chi connectivity index (χ4n) is 2.17. The molecule has 92 valence electrons. The number of amides is 1. The summed E-state index contributed by atoms with van der Waals surface area (Å²) in [6.45, 7) is 2.65. The standard InChI is InChI=1S/C13H17NO2S/c1-2-9-10(14-13(9)15)7-8-16-11-5-3-4-6-12(11)17/h3-5,9-10H,2,6-8H2,1H3,(H,14,15)/t9-,10+/m1/s1. The molecule has 2 aliphatic rings. The van der Waals surface area contributed by atoms with Crippen LogP contribution < -0.4 is 5.32 Å². The van der Waals surface area contributed by atoms with Crippen molar-refractivity contribution in [3.8, 4) is 0 Å². The fraction of sp³-hybridized carbons (Fsp3) is 0.538. The molecule has 1 fully saturated rings. The summed E-state index contributed by atoms with van der Waals surface area (Å²) in [7, 11) is 0. The minimum atomic E-state index is 0.172. The van der Waals surface area contributed by atoms with Gasteiger partial charge < -0.3 is 10.1 Å². The van der Waals surface area contributed by atoms with E-state index in [9.17, 15) is 4.79 Å². The molecule has 0 aromatic carbocycles. The van der Waals surface area contributed by atoms with E-state index in [4.69, 9.17) is 17.0 Å². The maximum atomic E-state index is 11.2. The zero-order valence-corrected chi connectivity index (χ0v) is 10.8. The lowest BCUT2D eigenvalue weighted by Gasteiger charge is -2.36. The molecule has 17 heavy (non-hydrogen) atoms. The second-order valence-electron chi connectivity index (χ2n) is 4.35. The molecule has 0 bridgehead atoms. The van der Waals surface area contributed by atoms with Crippen molar-refractivity contribution in [3.05, 3.63) is 24.0 Å². The highest BCUT2D eigenvalue weighted by molar-refractivity contribution is 7.80. The summed E-state index contributed by atoms with van der Waals surface area (Å²) in [4.78, 5) is 12.1. The molecule has 0 saturated carbocycles. The largest absolute Gasteiger partial charge is 0.492 e. The Morgan fingerprint density at radius 3 is 3.06 bits per heavy atom. The van der Waals surface area contributed by atoms with Gasteiger partial charge >= 0.3 is 0 Å². The van der Waals surface area contributed by atoms with Crippen LogP contribution >= 0.6 is 12.2 Å².